The molecule has 2 heterocycles. The predicted octanol–water partition coefficient (Wildman–Crippen LogP) is 9.05. The maximum Gasteiger partial charge on any atom is 0.180 e. The normalized spacial score (nSPS) is 11.2. The van der Waals surface area contributed by atoms with Crippen molar-refractivity contribution in [2.75, 3.05) is 0 Å². The molecule has 0 aliphatic carbocycles. The van der Waals surface area contributed by atoms with Gasteiger partial charge in [0.25, 0.3) is 0 Å². The molecule has 4 rings (SSSR count). The standard InChI is InChI=1S/C50H77N2.2HI/c1(3-5-7-9-11-13-15-17-19-21-23-25-27-29-39-50-43-47-36-31-32-37-48(47)44-51-50)2-4-6-8-10-12-14-16-18-20-22-24-26-28-34-41-52-42-40-46-35-30-33-38-49(46)45-52;;/h30-33,35-38,40,42-45H,1-29,34,39,41H2;2*1H/q+1;;/p-1. The second-order valence-electron chi connectivity index (χ2n) is 16.3. The van der Waals surface area contributed by atoms with Crippen molar-refractivity contribution < 1.29 is 57.5 Å². The summed E-state index contributed by atoms with van der Waals surface area (Å²) >= 11 is 0. The molecule has 2 aromatic heterocycles. The van der Waals surface area contributed by atoms with E-state index in [2.05, 4.69) is 88.8 Å². The summed E-state index contributed by atoms with van der Waals surface area (Å²) in [5.41, 5.74) is 1.38. The number of unbranched alkanes of at least 4 members (excludes halogenated alkanes) is 29. The molecule has 1 N–H and O–H groups in total. The van der Waals surface area contributed by atoms with Crippen LogP contribution < -0.4 is 57.5 Å². The molecule has 0 saturated heterocycles. The van der Waals surface area contributed by atoms with Crippen molar-refractivity contribution in [3.05, 3.63) is 84.9 Å². The number of fused-ring (bicyclic) bond motifs is 2. The van der Waals surface area contributed by atoms with E-state index in [-0.39, 0.29) is 48.0 Å². The minimum absolute atomic E-state index is 0. The largest absolute Gasteiger partial charge is 1.00 e. The van der Waals surface area contributed by atoms with Gasteiger partial charge in [-0.3, -0.25) is 0 Å². The lowest BCUT2D eigenvalue weighted by Gasteiger charge is -2.05. The van der Waals surface area contributed by atoms with Crippen molar-refractivity contribution in [2.45, 2.75) is 206 Å². The van der Waals surface area contributed by atoms with Crippen molar-refractivity contribution >= 4 is 21.5 Å². The van der Waals surface area contributed by atoms with Gasteiger partial charge in [-0.15, -0.1) is 0 Å². The first-order valence-electron chi connectivity index (χ1n) is 22.7. The number of aryl methyl sites for hydroxylation is 2. The molecule has 0 aliphatic heterocycles. The highest BCUT2D eigenvalue weighted by Crippen LogP contribution is 2.18. The van der Waals surface area contributed by atoms with Crippen LogP contribution in [0, 0.1) is 0 Å². The average Bonchev–Trinajstić information content (AvgIpc) is 3.18. The van der Waals surface area contributed by atoms with Crippen molar-refractivity contribution in [3.63, 3.8) is 0 Å². The van der Waals surface area contributed by atoms with Crippen molar-refractivity contribution in [3.8, 4) is 0 Å². The second kappa shape index (κ2) is 33.8. The molecule has 0 unspecified atom stereocenters. The molecular formula is C50H78I2N2. The van der Waals surface area contributed by atoms with Crippen LogP contribution in [0.5, 0.6) is 0 Å². The summed E-state index contributed by atoms with van der Waals surface area (Å²) in [6, 6.07) is 21.9. The smallest absolute Gasteiger partial charge is 0.180 e. The minimum atomic E-state index is 0. The summed E-state index contributed by atoms with van der Waals surface area (Å²) in [7, 11) is 0. The van der Waals surface area contributed by atoms with E-state index in [0.29, 0.717) is 0 Å². The third-order valence-electron chi connectivity index (χ3n) is 11.6. The van der Waals surface area contributed by atoms with Crippen LogP contribution in [0.15, 0.2) is 79.3 Å². The van der Waals surface area contributed by atoms with E-state index < -0.39 is 0 Å². The first-order valence-corrected chi connectivity index (χ1v) is 22.7. The van der Waals surface area contributed by atoms with E-state index in [1.807, 2.05) is 0 Å². The van der Waals surface area contributed by atoms with Crippen LogP contribution in [0.3, 0.4) is 0 Å². The van der Waals surface area contributed by atoms with Gasteiger partial charge in [-0.25, -0.2) is 9.55 Å². The number of rotatable bonds is 33. The summed E-state index contributed by atoms with van der Waals surface area (Å²) in [5.74, 6) is 0. The Bertz CT molecular complexity index is 1330. The number of nitrogens with one attached hydrogen (secondary N) is 1. The summed E-state index contributed by atoms with van der Waals surface area (Å²) < 4.78 is 2.37. The lowest BCUT2D eigenvalue weighted by Crippen LogP contribution is -3.00. The Kier molecular flexibility index (Phi) is 30.6. The molecule has 0 aliphatic rings. The highest BCUT2D eigenvalue weighted by atomic mass is 127. The zero-order chi connectivity index (χ0) is 36.0. The second-order valence-corrected chi connectivity index (χ2v) is 16.3. The number of pyridine rings is 2. The fourth-order valence-electron chi connectivity index (χ4n) is 8.19. The maximum absolute atomic E-state index is 3.49. The van der Waals surface area contributed by atoms with Gasteiger partial charge in [-0.1, -0.05) is 210 Å². The third-order valence-corrected chi connectivity index (χ3v) is 11.6. The van der Waals surface area contributed by atoms with Crippen LogP contribution in [-0.4, -0.2) is 0 Å². The van der Waals surface area contributed by atoms with E-state index in [1.165, 1.54) is 226 Å². The molecule has 0 atom stereocenters. The summed E-state index contributed by atoms with van der Waals surface area (Å²) in [4.78, 5) is 3.49. The first-order chi connectivity index (χ1) is 25.9. The van der Waals surface area contributed by atoms with Gasteiger partial charge in [0.05, 0.1) is 0 Å². The van der Waals surface area contributed by atoms with E-state index in [1.54, 1.807) is 0 Å². The molecule has 0 saturated carbocycles. The summed E-state index contributed by atoms with van der Waals surface area (Å²) in [6.07, 6.45) is 51.2. The number of H-pyrrole nitrogens is 1. The van der Waals surface area contributed by atoms with Crippen LogP contribution in [-0.2, 0) is 13.0 Å². The number of halogens is 2. The van der Waals surface area contributed by atoms with Gasteiger partial charge < -0.3 is 48.0 Å². The van der Waals surface area contributed by atoms with Gasteiger partial charge in [0, 0.05) is 35.7 Å². The van der Waals surface area contributed by atoms with Crippen molar-refractivity contribution in [1.29, 1.82) is 0 Å². The quantitative estimate of drug-likeness (QED) is 0.0258. The van der Waals surface area contributed by atoms with E-state index in [0.717, 1.165) is 6.54 Å². The molecule has 0 bridgehead atoms. The Morgan fingerprint density at radius 3 is 1.15 bits per heavy atom. The minimum Gasteiger partial charge on any atom is -1.00 e. The number of benzene rings is 2. The van der Waals surface area contributed by atoms with Gasteiger partial charge in [0.2, 0.25) is 0 Å². The third kappa shape index (κ3) is 23.1. The Labute approximate surface area is 366 Å². The molecule has 0 spiro atoms. The number of hydrogen-bond donors (Lipinski definition) is 0. The lowest BCUT2D eigenvalue weighted by atomic mass is 10.0. The molecule has 4 aromatic rings. The SMILES string of the molecule is [I-].[I-].c1ccc2c[n+](CCCCCCCCCCCCCCCCCCCCCCCCCCCCCCCCc3cc4ccccc4c[nH+]3)ccc2c1. The molecule has 2 aromatic carbocycles. The molecule has 0 fully saturated rings. The number of nitrogens with zero attached hydrogens (tertiary/aromatic N) is 1. The van der Waals surface area contributed by atoms with Gasteiger partial charge in [-0.2, -0.15) is 0 Å². The topological polar surface area (TPSA) is 18.0 Å². The van der Waals surface area contributed by atoms with Crippen LogP contribution in [0.2, 0.25) is 0 Å². The zero-order valence-corrected chi connectivity index (χ0v) is 38.7. The van der Waals surface area contributed by atoms with Gasteiger partial charge in [0.15, 0.2) is 24.3 Å². The van der Waals surface area contributed by atoms with Crippen molar-refractivity contribution in [2.24, 2.45) is 0 Å². The van der Waals surface area contributed by atoms with Crippen LogP contribution in [0.4, 0.5) is 0 Å². The number of hydrogen-bond acceptors (Lipinski definition) is 0. The molecule has 54 heavy (non-hydrogen) atoms. The Morgan fingerprint density at radius 1 is 0.352 bits per heavy atom. The van der Waals surface area contributed by atoms with Crippen molar-refractivity contribution in [1.82, 2.24) is 0 Å². The fraction of sp³-hybridized carbons (Fsp3) is 0.640. The molecule has 0 amide bonds. The van der Waals surface area contributed by atoms with Gasteiger partial charge >= 0.3 is 0 Å². The predicted molar refractivity (Wildman–Crippen MR) is 227 cm³/mol. The lowest BCUT2D eigenvalue weighted by molar-refractivity contribution is -0.696. The fourth-order valence-corrected chi connectivity index (χ4v) is 8.19. The highest BCUT2D eigenvalue weighted by Gasteiger charge is 2.05. The van der Waals surface area contributed by atoms with Crippen LogP contribution >= 0.6 is 0 Å². The van der Waals surface area contributed by atoms with Crippen LogP contribution in [0.1, 0.15) is 198 Å². The number of aromatic nitrogens is 2. The summed E-state index contributed by atoms with van der Waals surface area (Å²) in [5, 5.41) is 5.35. The average molecular weight is 961 g/mol. The van der Waals surface area contributed by atoms with Gasteiger partial charge in [-0.05, 0) is 35.7 Å². The zero-order valence-electron chi connectivity index (χ0n) is 34.3. The molecular weight excluding hydrogens is 882 g/mol. The van der Waals surface area contributed by atoms with E-state index >= 15 is 0 Å². The molecule has 2 nitrogen and oxygen atoms in total. The number of aromatic amines is 1. The van der Waals surface area contributed by atoms with Crippen LogP contribution in [0.25, 0.3) is 21.5 Å². The van der Waals surface area contributed by atoms with E-state index in [4.69, 9.17) is 0 Å². The molecule has 4 heteroatoms. The van der Waals surface area contributed by atoms with Gasteiger partial charge in [0.1, 0.15) is 6.54 Å². The Balaban J connectivity index is 0.00000504. The Morgan fingerprint density at radius 2 is 0.704 bits per heavy atom. The summed E-state index contributed by atoms with van der Waals surface area (Å²) in [6.45, 7) is 1.15. The maximum atomic E-state index is 3.49. The molecule has 0 radical (unpaired) electrons. The monoisotopic (exact) mass is 960 g/mol. The molecule has 302 valence electrons. The highest BCUT2D eigenvalue weighted by molar-refractivity contribution is 5.81. The first kappa shape index (κ1) is 48.9. The Hall–Kier alpha value is -1.28. The van der Waals surface area contributed by atoms with E-state index in [9.17, 15) is 0 Å².